The molecule has 1 aromatic carbocycles. The van der Waals surface area contributed by atoms with Gasteiger partial charge in [0, 0.05) is 5.56 Å². The third kappa shape index (κ3) is 5.51. The normalized spacial score (nSPS) is 37.7. The van der Waals surface area contributed by atoms with Gasteiger partial charge in [0.1, 0.15) is 66.8 Å². The molecule has 0 radical (unpaired) electrons. The summed E-state index contributed by atoms with van der Waals surface area (Å²) in [6.07, 6.45) is -13.4. The van der Waals surface area contributed by atoms with Crippen LogP contribution in [0.1, 0.15) is 11.1 Å². The second-order valence-corrected chi connectivity index (χ2v) is 7.95. The Labute approximate surface area is 195 Å². The van der Waals surface area contributed by atoms with Crippen LogP contribution >= 0.6 is 0 Å². The molecule has 34 heavy (non-hydrogen) atoms. The summed E-state index contributed by atoms with van der Waals surface area (Å²) in [7, 11) is 1.41. The van der Waals surface area contributed by atoms with Crippen LogP contribution in [0, 0.1) is 23.7 Å². The van der Waals surface area contributed by atoms with E-state index in [4.69, 9.17) is 14.2 Å². The Bertz CT molecular complexity index is 957. The first-order chi connectivity index (χ1) is 16.2. The second kappa shape index (κ2) is 11.4. The monoisotopic (exact) mass is 480 g/mol. The number of hydrogen-bond donors (Lipinski definition) is 8. The number of aliphatic hydroxyl groups is 8. The Morgan fingerprint density at radius 3 is 1.71 bits per heavy atom. The standard InChI is InChI=1S/C23H28O11/c1-32-15-8-11(3-6-13-18(26)22(30)20(28)16(9-24)33-13)2-4-12(15)5-7-14-19(27)23(31)21(29)17(10-25)34-14/h2,4,8,13-14,16-31H,9-10H2,1H3. The third-order valence-electron chi connectivity index (χ3n) is 5.69. The maximum Gasteiger partial charge on any atom is 0.147 e. The molecule has 0 bridgehead atoms. The number of ether oxygens (including phenoxy) is 3. The van der Waals surface area contributed by atoms with Gasteiger partial charge in [-0.25, -0.2) is 0 Å². The van der Waals surface area contributed by atoms with E-state index in [1.165, 1.54) is 7.11 Å². The molecular formula is C23H28O11. The summed E-state index contributed by atoms with van der Waals surface area (Å²) in [5.41, 5.74) is 0.852. The quantitative estimate of drug-likeness (QED) is 0.197. The van der Waals surface area contributed by atoms with E-state index in [0.29, 0.717) is 16.9 Å². The molecule has 2 aliphatic heterocycles. The fourth-order valence-corrected chi connectivity index (χ4v) is 3.62. The van der Waals surface area contributed by atoms with Crippen LogP contribution in [0.4, 0.5) is 0 Å². The predicted octanol–water partition coefficient (Wildman–Crippen LogP) is -3.92. The van der Waals surface area contributed by atoms with Crippen LogP contribution in [0.5, 0.6) is 5.75 Å². The maximum absolute atomic E-state index is 10.1. The van der Waals surface area contributed by atoms with Gasteiger partial charge in [0.15, 0.2) is 0 Å². The molecule has 0 aromatic heterocycles. The number of benzene rings is 1. The zero-order chi connectivity index (χ0) is 25.0. The van der Waals surface area contributed by atoms with Crippen LogP contribution in [0.25, 0.3) is 0 Å². The molecule has 1 aromatic rings. The maximum atomic E-state index is 10.1. The Kier molecular flexibility index (Phi) is 8.87. The smallest absolute Gasteiger partial charge is 0.147 e. The molecule has 10 atom stereocenters. The van der Waals surface area contributed by atoms with Crippen LogP contribution in [0.15, 0.2) is 18.2 Å². The molecule has 0 amide bonds. The molecule has 8 N–H and O–H groups in total. The van der Waals surface area contributed by atoms with E-state index in [9.17, 15) is 40.9 Å². The minimum Gasteiger partial charge on any atom is -0.495 e. The van der Waals surface area contributed by atoms with Crippen LogP contribution < -0.4 is 4.74 Å². The van der Waals surface area contributed by atoms with Gasteiger partial charge in [-0.1, -0.05) is 23.7 Å². The van der Waals surface area contributed by atoms with Crippen molar-refractivity contribution in [3.63, 3.8) is 0 Å². The highest BCUT2D eigenvalue weighted by Gasteiger charge is 2.43. The van der Waals surface area contributed by atoms with Crippen molar-refractivity contribution in [2.45, 2.75) is 61.0 Å². The summed E-state index contributed by atoms with van der Waals surface area (Å²) < 4.78 is 16.0. The second-order valence-electron chi connectivity index (χ2n) is 7.95. The summed E-state index contributed by atoms with van der Waals surface area (Å²) in [4.78, 5) is 0. The number of rotatable bonds is 3. The van der Waals surface area contributed by atoms with E-state index in [2.05, 4.69) is 23.7 Å². The molecule has 186 valence electrons. The first-order valence-corrected chi connectivity index (χ1v) is 10.5. The molecule has 10 unspecified atom stereocenters. The fraction of sp³-hybridized carbons (Fsp3) is 0.565. The highest BCUT2D eigenvalue weighted by atomic mass is 16.5. The van der Waals surface area contributed by atoms with E-state index in [0.717, 1.165) is 0 Å². The molecule has 0 spiro atoms. The summed E-state index contributed by atoms with van der Waals surface area (Å²) in [6.45, 7) is -1.12. The van der Waals surface area contributed by atoms with Crippen molar-refractivity contribution in [1.29, 1.82) is 0 Å². The van der Waals surface area contributed by atoms with Gasteiger partial charge in [-0.05, 0) is 18.2 Å². The van der Waals surface area contributed by atoms with E-state index in [1.54, 1.807) is 18.2 Å². The van der Waals surface area contributed by atoms with Crippen molar-refractivity contribution in [3.05, 3.63) is 29.3 Å². The summed E-state index contributed by atoms with van der Waals surface area (Å²) in [5.74, 6) is 11.2. The van der Waals surface area contributed by atoms with Crippen molar-refractivity contribution < 1.29 is 55.1 Å². The highest BCUT2D eigenvalue weighted by Crippen LogP contribution is 2.23. The fourth-order valence-electron chi connectivity index (χ4n) is 3.62. The van der Waals surface area contributed by atoms with E-state index < -0.39 is 74.3 Å². The van der Waals surface area contributed by atoms with E-state index >= 15 is 0 Å². The third-order valence-corrected chi connectivity index (χ3v) is 5.69. The van der Waals surface area contributed by atoms with E-state index in [-0.39, 0.29) is 0 Å². The van der Waals surface area contributed by atoms with Crippen molar-refractivity contribution >= 4 is 0 Å². The number of aliphatic hydroxyl groups excluding tert-OH is 8. The molecular weight excluding hydrogens is 452 g/mol. The van der Waals surface area contributed by atoms with Gasteiger partial charge in [-0.3, -0.25) is 0 Å². The Hall–Kier alpha value is -2.26. The lowest BCUT2D eigenvalue weighted by atomic mass is 9.95. The molecule has 3 rings (SSSR count). The highest BCUT2D eigenvalue weighted by molar-refractivity contribution is 5.52. The summed E-state index contributed by atoms with van der Waals surface area (Å²) in [5, 5.41) is 78.2. The lowest BCUT2D eigenvalue weighted by Gasteiger charge is -2.37. The van der Waals surface area contributed by atoms with Gasteiger partial charge in [-0.15, -0.1) is 0 Å². The molecule has 2 aliphatic rings. The Morgan fingerprint density at radius 2 is 1.24 bits per heavy atom. The number of methoxy groups -OCH3 is 1. The van der Waals surface area contributed by atoms with Gasteiger partial charge < -0.3 is 55.1 Å². The van der Waals surface area contributed by atoms with Crippen LogP contribution in [-0.2, 0) is 9.47 Å². The lowest BCUT2D eigenvalue weighted by molar-refractivity contribution is -0.214. The zero-order valence-electron chi connectivity index (χ0n) is 18.2. The molecule has 2 fully saturated rings. The minimum atomic E-state index is -1.54. The van der Waals surface area contributed by atoms with Crippen LogP contribution in [0.2, 0.25) is 0 Å². The van der Waals surface area contributed by atoms with Crippen molar-refractivity contribution in [3.8, 4) is 29.4 Å². The zero-order valence-corrected chi connectivity index (χ0v) is 18.2. The van der Waals surface area contributed by atoms with Gasteiger partial charge in [0.2, 0.25) is 0 Å². The average molecular weight is 480 g/mol. The van der Waals surface area contributed by atoms with Crippen LogP contribution in [-0.4, -0.2) is 122 Å². The summed E-state index contributed by atoms with van der Waals surface area (Å²) in [6, 6.07) is 4.72. The van der Waals surface area contributed by atoms with Crippen LogP contribution in [0.3, 0.4) is 0 Å². The first-order valence-electron chi connectivity index (χ1n) is 10.5. The Balaban J connectivity index is 1.78. The topological polar surface area (TPSA) is 190 Å². The minimum absolute atomic E-state index is 0.317. The molecule has 11 nitrogen and oxygen atoms in total. The van der Waals surface area contributed by atoms with Crippen molar-refractivity contribution in [1.82, 2.24) is 0 Å². The average Bonchev–Trinajstić information content (AvgIpc) is 2.85. The largest absolute Gasteiger partial charge is 0.495 e. The Morgan fingerprint density at radius 1 is 0.735 bits per heavy atom. The molecule has 0 saturated carbocycles. The molecule has 2 saturated heterocycles. The number of hydrogen-bond acceptors (Lipinski definition) is 11. The molecule has 2 heterocycles. The van der Waals surface area contributed by atoms with Gasteiger partial charge in [0.25, 0.3) is 0 Å². The van der Waals surface area contributed by atoms with Crippen molar-refractivity contribution in [2.75, 3.05) is 20.3 Å². The lowest BCUT2D eigenvalue weighted by Crippen LogP contribution is -2.58. The van der Waals surface area contributed by atoms with E-state index in [1.807, 2.05) is 0 Å². The predicted molar refractivity (Wildman–Crippen MR) is 114 cm³/mol. The summed E-state index contributed by atoms with van der Waals surface area (Å²) >= 11 is 0. The SMILES string of the molecule is COc1cc(C#CC2OC(CO)C(O)C(O)C2O)ccc1C#CC1OC(CO)C(O)C(O)C1O. The first kappa shape index (κ1) is 26.3. The van der Waals surface area contributed by atoms with Gasteiger partial charge >= 0.3 is 0 Å². The van der Waals surface area contributed by atoms with Gasteiger partial charge in [-0.2, -0.15) is 0 Å². The van der Waals surface area contributed by atoms with Gasteiger partial charge in [0.05, 0.1) is 25.9 Å². The van der Waals surface area contributed by atoms with Crippen molar-refractivity contribution in [2.24, 2.45) is 0 Å². The molecule has 11 heteroatoms. The molecule has 0 aliphatic carbocycles.